The molecule has 160 valence electrons. The summed E-state index contributed by atoms with van der Waals surface area (Å²) in [4.78, 5) is 24.1. The van der Waals surface area contributed by atoms with Crippen LogP contribution in [0.5, 0.6) is 0 Å². The number of hydrogen-bond donors (Lipinski definition) is 0. The molecule has 1 aromatic heterocycles. The number of benzene rings is 2. The Labute approximate surface area is 175 Å². The van der Waals surface area contributed by atoms with E-state index in [1.165, 1.54) is 24.1 Å². The van der Waals surface area contributed by atoms with Crippen LogP contribution in [0.2, 0.25) is 0 Å². The average Bonchev–Trinajstić information content (AvgIpc) is 2.71. The second kappa shape index (κ2) is 7.64. The Morgan fingerprint density at radius 3 is 2.35 bits per heavy atom. The number of likely N-dealkylation sites (N-methyl/N-ethyl adjacent to an activating group) is 1. The van der Waals surface area contributed by atoms with E-state index in [1.54, 1.807) is 6.07 Å². The standard InChI is InChI=1S/C22H18F4N4O/c1-13(23)21(31)29(2)16-11-30(12-16)20-17-5-3-4-6-18(17)27-19(28-20)14-7-9-15(10-8-14)22(24,25)26/h3-10,16H,1,11-12H2,2H3. The first kappa shape index (κ1) is 20.8. The fraction of sp³-hybridized carbons (Fsp3) is 0.227. The molecule has 0 radical (unpaired) electrons. The summed E-state index contributed by atoms with van der Waals surface area (Å²) < 4.78 is 51.7. The fourth-order valence-corrected chi connectivity index (χ4v) is 3.47. The van der Waals surface area contributed by atoms with Gasteiger partial charge in [-0.25, -0.2) is 14.4 Å². The Hall–Kier alpha value is -3.49. The number of halogens is 4. The summed E-state index contributed by atoms with van der Waals surface area (Å²) in [7, 11) is 1.51. The first-order valence-electron chi connectivity index (χ1n) is 9.46. The van der Waals surface area contributed by atoms with Crippen molar-refractivity contribution in [2.75, 3.05) is 25.0 Å². The van der Waals surface area contributed by atoms with E-state index in [2.05, 4.69) is 16.5 Å². The summed E-state index contributed by atoms with van der Waals surface area (Å²) in [6.07, 6.45) is -4.42. The summed E-state index contributed by atoms with van der Waals surface area (Å²) in [5.74, 6) is -0.871. The minimum atomic E-state index is -4.42. The van der Waals surface area contributed by atoms with E-state index in [4.69, 9.17) is 0 Å². The number of carbonyl (C=O) groups excluding carboxylic acids is 1. The molecule has 9 heteroatoms. The first-order valence-corrected chi connectivity index (χ1v) is 9.46. The van der Waals surface area contributed by atoms with Crippen molar-refractivity contribution in [3.63, 3.8) is 0 Å². The van der Waals surface area contributed by atoms with Crippen LogP contribution in [0.25, 0.3) is 22.3 Å². The molecule has 1 fully saturated rings. The van der Waals surface area contributed by atoms with E-state index in [0.717, 1.165) is 17.5 Å². The Balaban J connectivity index is 1.66. The molecule has 0 bridgehead atoms. The molecule has 0 saturated carbocycles. The lowest BCUT2D eigenvalue weighted by Crippen LogP contribution is -2.60. The molecule has 2 heterocycles. The molecule has 4 rings (SSSR count). The largest absolute Gasteiger partial charge is 0.416 e. The van der Waals surface area contributed by atoms with Gasteiger partial charge < -0.3 is 9.80 Å². The van der Waals surface area contributed by atoms with E-state index in [1.807, 2.05) is 23.1 Å². The lowest BCUT2D eigenvalue weighted by Gasteiger charge is -2.44. The van der Waals surface area contributed by atoms with Gasteiger partial charge in [0.1, 0.15) is 5.82 Å². The summed E-state index contributed by atoms with van der Waals surface area (Å²) in [5, 5.41) is 0.778. The van der Waals surface area contributed by atoms with Crippen LogP contribution in [0.4, 0.5) is 23.4 Å². The quantitative estimate of drug-likeness (QED) is 0.454. The van der Waals surface area contributed by atoms with Crippen LogP contribution >= 0.6 is 0 Å². The molecule has 1 aliphatic rings. The second-order valence-electron chi connectivity index (χ2n) is 7.34. The zero-order valence-corrected chi connectivity index (χ0v) is 16.5. The second-order valence-corrected chi connectivity index (χ2v) is 7.34. The normalized spacial score (nSPS) is 14.4. The van der Waals surface area contributed by atoms with Gasteiger partial charge in [0.2, 0.25) is 0 Å². The maximum Gasteiger partial charge on any atom is 0.416 e. The van der Waals surface area contributed by atoms with Crippen LogP contribution in [0, 0.1) is 0 Å². The van der Waals surface area contributed by atoms with E-state index in [-0.39, 0.29) is 6.04 Å². The van der Waals surface area contributed by atoms with Crippen molar-refractivity contribution < 1.29 is 22.4 Å². The third-order valence-corrected chi connectivity index (χ3v) is 5.32. The van der Waals surface area contributed by atoms with Crippen molar-refractivity contribution in [1.29, 1.82) is 0 Å². The predicted octanol–water partition coefficient (Wildman–Crippen LogP) is 4.45. The molecule has 5 nitrogen and oxygen atoms in total. The molecule has 0 N–H and O–H groups in total. The summed E-state index contributed by atoms with van der Waals surface area (Å²) in [6, 6.07) is 11.8. The Kier molecular flexibility index (Phi) is 5.12. The minimum absolute atomic E-state index is 0.205. The van der Waals surface area contributed by atoms with Crippen LogP contribution in [0.1, 0.15) is 5.56 Å². The Morgan fingerprint density at radius 2 is 1.74 bits per heavy atom. The highest BCUT2D eigenvalue weighted by Crippen LogP contribution is 2.33. The van der Waals surface area contributed by atoms with Gasteiger partial charge >= 0.3 is 6.18 Å². The first-order chi connectivity index (χ1) is 14.6. The van der Waals surface area contributed by atoms with Crippen molar-refractivity contribution in [2.24, 2.45) is 0 Å². The van der Waals surface area contributed by atoms with Crippen LogP contribution in [-0.2, 0) is 11.0 Å². The van der Waals surface area contributed by atoms with Gasteiger partial charge in [-0.15, -0.1) is 0 Å². The zero-order valence-electron chi connectivity index (χ0n) is 16.5. The third kappa shape index (κ3) is 3.95. The monoisotopic (exact) mass is 430 g/mol. The summed E-state index contributed by atoms with van der Waals surface area (Å²) >= 11 is 0. The number of nitrogens with zero attached hydrogens (tertiary/aromatic N) is 4. The number of rotatable bonds is 4. The number of para-hydroxylation sites is 1. The maximum absolute atomic E-state index is 13.1. The molecule has 31 heavy (non-hydrogen) atoms. The minimum Gasteiger partial charge on any atom is -0.352 e. The molecule has 1 saturated heterocycles. The topological polar surface area (TPSA) is 49.3 Å². The lowest BCUT2D eigenvalue weighted by atomic mass is 10.1. The Bertz CT molecular complexity index is 1150. The van der Waals surface area contributed by atoms with Crippen molar-refractivity contribution in [1.82, 2.24) is 14.9 Å². The van der Waals surface area contributed by atoms with Crippen LogP contribution < -0.4 is 4.90 Å². The molecule has 0 unspecified atom stereocenters. The smallest absolute Gasteiger partial charge is 0.352 e. The highest BCUT2D eigenvalue weighted by molar-refractivity contribution is 5.92. The molecular weight excluding hydrogens is 412 g/mol. The predicted molar refractivity (Wildman–Crippen MR) is 109 cm³/mol. The highest BCUT2D eigenvalue weighted by Gasteiger charge is 2.35. The molecule has 3 aromatic rings. The van der Waals surface area contributed by atoms with Gasteiger partial charge in [-0.05, 0) is 24.3 Å². The average molecular weight is 430 g/mol. The van der Waals surface area contributed by atoms with Gasteiger partial charge in [0, 0.05) is 31.1 Å². The van der Waals surface area contributed by atoms with Gasteiger partial charge in [0.25, 0.3) is 5.91 Å². The number of hydrogen-bond acceptors (Lipinski definition) is 4. The maximum atomic E-state index is 13.1. The molecule has 0 atom stereocenters. The van der Waals surface area contributed by atoms with Gasteiger partial charge in [-0.1, -0.05) is 30.8 Å². The number of amides is 1. The third-order valence-electron chi connectivity index (χ3n) is 5.32. The molecular formula is C22H18F4N4O. The molecule has 2 aromatic carbocycles. The van der Waals surface area contributed by atoms with E-state index in [0.29, 0.717) is 35.8 Å². The fourth-order valence-electron chi connectivity index (χ4n) is 3.47. The molecule has 0 aliphatic carbocycles. The van der Waals surface area contributed by atoms with Gasteiger partial charge in [-0.2, -0.15) is 13.2 Å². The van der Waals surface area contributed by atoms with Crippen LogP contribution in [-0.4, -0.2) is 47.0 Å². The molecule has 1 aliphatic heterocycles. The van der Waals surface area contributed by atoms with Crippen LogP contribution in [0.15, 0.2) is 60.9 Å². The van der Waals surface area contributed by atoms with E-state index in [9.17, 15) is 22.4 Å². The van der Waals surface area contributed by atoms with Crippen molar-refractivity contribution in [3.8, 4) is 11.4 Å². The lowest BCUT2D eigenvalue weighted by molar-refractivity contribution is -0.137. The zero-order chi connectivity index (χ0) is 22.3. The number of alkyl halides is 3. The summed E-state index contributed by atoms with van der Waals surface area (Å²) in [6.45, 7) is 3.91. The van der Waals surface area contributed by atoms with Crippen LogP contribution in [0.3, 0.4) is 0 Å². The van der Waals surface area contributed by atoms with E-state index < -0.39 is 23.5 Å². The van der Waals surface area contributed by atoms with Crippen molar-refractivity contribution in [2.45, 2.75) is 12.2 Å². The van der Waals surface area contributed by atoms with Crippen molar-refractivity contribution >= 4 is 22.6 Å². The van der Waals surface area contributed by atoms with Gasteiger partial charge in [0.05, 0.1) is 17.1 Å². The Morgan fingerprint density at radius 1 is 1.10 bits per heavy atom. The number of anilines is 1. The van der Waals surface area contributed by atoms with E-state index >= 15 is 0 Å². The number of aromatic nitrogens is 2. The summed E-state index contributed by atoms with van der Waals surface area (Å²) in [5.41, 5.74) is 0.357. The highest BCUT2D eigenvalue weighted by atomic mass is 19.4. The van der Waals surface area contributed by atoms with Gasteiger partial charge in [-0.3, -0.25) is 4.79 Å². The number of fused-ring (bicyclic) bond motifs is 1. The molecule has 1 amide bonds. The SMILES string of the molecule is C=C(F)C(=O)N(C)C1CN(c2nc(-c3ccc(C(F)(F)F)cc3)nc3ccccc23)C1. The number of carbonyl (C=O) groups is 1. The van der Waals surface area contributed by atoms with Gasteiger partial charge in [0.15, 0.2) is 11.7 Å². The van der Waals surface area contributed by atoms with Crippen molar-refractivity contribution in [3.05, 3.63) is 66.5 Å². The molecule has 0 spiro atoms.